The summed E-state index contributed by atoms with van der Waals surface area (Å²) in [6, 6.07) is 73.1. The van der Waals surface area contributed by atoms with Crippen LogP contribution in [-0.4, -0.2) is 20.9 Å². The number of hydrogen-bond donors (Lipinski definition) is 1. The number of pyridine rings is 2. The number of ketones is 1. The fraction of sp³-hybridized carbons (Fsp3) is 0.123. The number of allylic oxidation sites excluding steroid dienone is 2. The van der Waals surface area contributed by atoms with Crippen molar-refractivity contribution in [3.8, 4) is 78.1 Å². The highest BCUT2D eigenvalue weighted by atomic mass is 16.3. The molecular formula is C65H52N2O2. The lowest BCUT2D eigenvalue weighted by molar-refractivity contribution is -0.116. The predicted molar refractivity (Wildman–Crippen MR) is 286 cm³/mol. The summed E-state index contributed by atoms with van der Waals surface area (Å²) >= 11 is 0. The third-order valence-corrected chi connectivity index (χ3v) is 14.1. The first-order valence-electron chi connectivity index (χ1n) is 24.1. The average molecular weight is 893 g/mol. The molecule has 8 aromatic carbocycles. The molecule has 0 aliphatic heterocycles. The van der Waals surface area contributed by atoms with Crippen LogP contribution in [0.1, 0.15) is 45.1 Å². The van der Waals surface area contributed by atoms with E-state index in [4.69, 9.17) is 9.97 Å². The second-order valence-electron chi connectivity index (χ2n) is 19.0. The smallest absolute Gasteiger partial charge is 0.162 e. The Morgan fingerprint density at radius 3 is 1.71 bits per heavy atom. The van der Waals surface area contributed by atoms with Crippen LogP contribution in [0.4, 0.5) is 0 Å². The minimum Gasteiger partial charge on any atom is -0.511 e. The van der Waals surface area contributed by atoms with Crippen molar-refractivity contribution in [2.45, 2.75) is 46.0 Å². The molecule has 4 nitrogen and oxygen atoms in total. The summed E-state index contributed by atoms with van der Waals surface area (Å²) in [6.07, 6.45) is 5.30. The molecule has 0 spiro atoms. The lowest BCUT2D eigenvalue weighted by Crippen LogP contribution is -2.24. The van der Waals surface area contributed by atoms with E-state index in [1.54, 1.807) is 0 Å². The van der Waals surface area contributed by atoms with Gasteiger partial charge in [-0.2, -0.15) is 0 Å². The second kappa shape index (κ2) is 18.5. The maximum absolute atomic E-state index is 13.8. The molecule has 0 saturated carbocycles. The summed E-state index contributed by atoms with van der Waals surface area (Å²) in [7, 11) is 0. The van der Waals surface area contributed by atoms with E-state index in [1.165, 1.54) is 10.8 Å². The van der Waals surface area contributed by atoms with Crippen LogP contribution < -0.4 is 0 Å². The van der Waals surface area contributed by atoms with Crippen molar-refractivity contribution in [1.82, 2.24) is 9.97 Å². The molecule has 2 heterocycles. The first kappa shape index (κ1) is 43.4. The summed E-state index contributed by atoms with van der Waals surface area (Å²) in [5, 5.41) is 14.7. The molecule has 11 rings (SSSR count). The predicted octanol–water partition coefficient (Wildman–Crippen LogP) is 17.0. The van der Waals surface area contributed by atoms with Crippen molar-refractivity contribution in [3.63, 3.8) is 0 Å². The minimum absolute atomic E-state index is 0.0371. The van der Waals surface area contributed by atoms with Gasteiger partial charge in [-0.3, -0.25) is 9.78 Å². The number of aliphatic hydroxyl groups is 1. The van der Waals surface area contributed by atoms with E-state index in [0.717, 1.165) is 107 Å². The second-order valence-corrected chi connectivity index (χ2v) is 19.0. The van der Waals surface area contributed by atoms with E-state index in [9.17, 15) is 9.90 Å². The van der Waals surface area contributed by atoms with Gasteiger partial charge in [0.15, 0.2) is 5.78 Å². The maximum Gasteiger partial charge on any atom is 0.162 e. The molecule has 2 aromatic heterocycles. The Kier molecular flexibility index (Phi) is 11.6. The van der Waals surface area contributed by atoms with Crippen LogP contribution in [0, 0.1) is 5.41 Å². The fourth-order valence-electron chi connectivity index (χ4n) is 10.2. The Morgan fingerprint density at radius 1 is 0.493 bits per heavy atom. The van der Waals surface area contributed by atoms with Crippen molar-refractivity contribution >= 4 is 27.5 Å². The van der Waals surface area contributed by atoms with Gasteiger partial charge in [-0.25, -0.2) is 4.98 Å². The topological polar surface area (TPSA) is 63.1 Å². The van der Waals surface area contributed by atoms with Crippen molar-refractivity contribution in [1.29, 1.82) is 0 Å². The molecule has 0 saturated heterocycles. The van der Waals surface area contributed by atoms with Gasteiger partial charge in [0.1, 0.15) is 5.76 Å². The van der Waals surface area contributed by atoms with Gasteiger partial charge in [0.25, 0.3) is 0 Å². The zero-order chi connectivity index (χ0) is 46.9. The highest BCUT2D eigenvalue weighted by molar-refractivity contribution is 5.97. The van der Waals surface area contributed by atoms with Gasteiger partial charge in [-0.05, 0) is 135 Å². The van der Waals surface area contributed by atoms with Crippen molar-refractivity contribution < 1.29 is 9.90 Å². The van der Waals surface area contributed by atoms with Crippen molar-refractivity contribution in [2.75, 3.05) is 0 Å². The third kappa shape index (κ3) is 8.78. The van der Waals surface area contributed by atoms with Gasteiger partial charge in [0.05, 0.1) is 16.9 Å². The Hall–Kier alpha value is -8.21. The lowest BCUT2D eigenvalue weighted by atomic mass is 9.76. The van der Waals surface area contributed by atoms with E-state index in [1.807, 2.05) is 32.2 Å². The van der Waals surface area contributed by atoms with Crippen molar-refractivity contribution in [2.24, 2.45) is 5.41 Å². The lowest BCUT2D eigenvalue weighted by Gasteiger charge is -2.30. The highest BCUT2D eigenvalue weighted by Gasteiger charge is 2.32. The number of rotatable bonds is 11. The first-order chi connectivity index (χ1) is 33.8. The number of nitrogens with zero attached hydrogens (tertiary/aromatic N) is 2. The molecule has 1 N–H and O–H groups in total. The summed E-state index contributed by atoms with van der Waals surface area (Å²) in [6.45, 7) is 4.06. The Bertz CT molecular complexity index is 3400. The number of Topliss-reactive ketones (excluding diaryl/α,β-unsaturated/α-hetero) is 1. The number of aryl methyl sites for hydroxylation is 1. The van der Waals surface area contributed by atoms with E-state index >= 15 is 0 Å². The Morgan fingerprint density at radius 2 is 1.01 bits per heavy atom. The molecule has 69 heavy (non-hydrogen) atoms. The first-order valence-corrected chi connectivity index (χ1v) is 24.1. The monoisotopic (exact) mass is 892 g/mol. The molecule has 334 valence electrons. The molecule has 0 amide bonds. The number of carbonyl (C=O) groups is 1. The Balaban J connectivity index is 0.997. The van der Waals surface area contributed by atoms with Crippen LogP contribution in [-0.2, 0) is 11.2 Å². The van der Waals surface area contributed by atoms with Gasteiger partial charge in [-0.1, -0.05) is 178 Å². The standard InChI is InChI=1S/C65H52N2O2/c1-65(2)37-13-23-59(64(65)69)63(68)36-33-44-15-5-7-18-54(44)51-39-52(57-21-10-8-19-55(57)45-26-28-47(29-27-45)62-35-31-46-16-6-12-24-61(46)67-62)41-53(40-51)58-22-11-9-20-56(58)50-32-34-60(66-42-50)49-30-25-43-14-3-4-17-48(43)38-49/h3-12,14-22,24-32,34-35,38-42,69H,13,23,33,36-37H2,1-2H3. The van der Waals surface area contributed by atoms with Gasteiger partial charge in [-0.15, -0.1) is 0 Å². The summed E-state index contributed by atoms with van der Waals surface area (Å²) in [4.78, 5) is 23.8. The largest absolute Gasteiger partial charge is 0.511 e. The summed E-state index contributed by atoms with van der Waals surface area (Å²) < 4.78 is 0. The van der Waals surface area contributed by atoms with Crippen molar-refractivity contribution in [3.05, 3.63) is 229 Å². The quantitative estimate of drug-likeness (QED) is 0.140. The molecule has 0 atom stereocenters. The number of aliphatic hydroxyl groups excluding tert-OH is 1. The number of hydrogen-bond acceptors (Lipinski definition) is 4. The molecular weight excluding hydrogens is 841 g/mol. The van der Waals surface area contributed by atoms with Crippen LogP contribution in [0.25, 0.3) is 99.8 Å². The number of aromatic nitrogens is 2. The van der Waals surface area contributed by atoms with Gasteiger partial charge < -0.3 is 5.11 Å². The van der Waals surface area contributed by atoms with E-state index < -0.39 is 0 Å². The van der Waals surface area contributed by atoms with Crippen LogP contribution >= 0.6 is 0 Å². The van der Waals surface area contributed by atoms with Crippen LogP contribution in [0.15, 0.2) is 224 Å². The zero-order valence-corrected chi connectivity index (χ0v) is 39.0. The van der Waals surface area contributed by atoms with Gasteiger partial charge in [0.2, 0.25) is 0 Å². The number of para-hydroxylation sites is 1. The van der Waals surface area contributed by atoms with E-state index in [2.05, 4.69) is 194 Å². The molecule has 0 unspecified atom stereocenters. The third-order valence-electron chi connectivity index (χ3n) is 14.1. The number of benzene rings is 8. The maximum atomic E-state index is 13.8. The molecule has 10 aromatic rings. The number of fused-ring (bicyclic) bond motifs is 2. The van der Waals surface area contributed by atoms with Crippen LogP contribution in [0.5, 0.6) is 0 Å². The SMILES string of the molecule is CC1(C)CCCC(C(=O)CCc2ccccc2-c2cc(-c3ccccc3-c3ccc(-c4ccc5ccccc5n4)cc3)cc(-c3ccccc3-c3ccc(-c4ccc5ccccc5c4)nc3)c2)=C1O. The molecule has 1 aliphatic carbocycles. The summed E-state index contributed by atoms with van der Waals surface area (Å²) in [5.41, 5.74) is 17.2. The van der Waals surface area contributed by atoms with E-state index in [-0.39, 0.29) is 17.0 Å². The molecule has 0 radical (unpaired) electrons. The van der Waals surface area contributed by atoms with Gasteiger partial charge in [0, 0.05) is 45.7 Å². The molecule has 0 bridgehead atoms. The van der Waals surface area contributed by atoms with E-state index in [0.29, 0.717) is 24.8 Å². The fourth-order valence-corrected chi connectivity index (χ4v) is 10.2. The summed E-state index contributed by atoms with van der Waals surface area (Å²) in [5.74, 6) is 0.301. The molecule has 1 aliphatic rings. The van der Waals surface area contributed by atoms with Crippen LogP contribution in [0.3, 0.4) is 0 Å². The Labute approximate surface area is 404 Å². The molecule has 0 fully saturated rings. The zero-order valence-electron chi connectivity index (χ0n) is 39.0. The minimum atomic E-state index is -0.379. The normalized spacial score (nSPS) is 13.5. The van der Waals surface area contributed by atoms with Crippen LogP contribution in [0.2, 0.25) is 0 Å². The average Bonchev–Trinajstić information content (AvgIpc) is 3.40. The molecule has 4 heteroatoms. The van der Waals surface area contributed by atoms with Gasteiger partial charge >= 0.3 is 0 Å². The highest BCUT2D eigenvalue weighted by Crippen LogP contribution is 2.43. The number of carbonyl (C=O) groups excluding carboxylic acids is 1.